The first-order valence-electron chi connectivity index (χ1n) is 5.09. The van der Waals surface area contributed by atoms with Gasteiger partial charge in [0.1, 0.15) is 6.61 Å². The molecule has 0 heterocycles. The highest BCUT2D eigenvalue weighted by atomic mass is 35.5. The van der Waals surface area contributed by atoms with Crippen molar-refractivity contribution >= 4 is 23.8 Å². The summed E-state index contributed by atoms with van der Waals surface area (Å²) in [6, 6.07) is 5.41. The largest absolute Gasteiger partial charge is 0.445 e. The number of amides is 1. The Morgan fingerprint density at radius 1 is 1.47 bits per heavy atom. The number of alkyl carbamates (subject to hydrolysis) is 1. The van der Waals surface area contributed by atoms with Gasteiger partial charge in [0.2, 0.25) is 0 Å². The molecule has 1 aromatic rings. The van der Waals surface area contributed by atoms with Gasteiger partial charge in [0.05, 0.1) is 0 Å². The number of carbonyl (C=O) groups excluding carboxylic acids is 1. The van der Waals surface area contributed by atoms with Gasteiger partial charge in [-0.3, -0.25) is 0 Å². The molecular weight excluding hydrogens is 238 g/mol. The number of hydrogen-bond donors (Lipinski definition) is 1. The second-order valence-corrected chi connectivity index (χ2v) is 3.72. The Bertz CT molecular complexity index is 429. The van der Waals surface area contributed by atoms with Crippen molar-refractivity contribution in [3.05, 3.63) is 53.6 Å². The minimum atomic E-state index is -0.486. The zero-order valence-electron chi connectivity index (χ0n) is 9.41. The molecule has 0 aliphatic heterocycles. The Labute approximate surface area is 106 Å². The number of carbonyl (C=O) groups is 1. The minimum absolute atomic E-state index is 0.190. The monoisotopic (exact) mass is 251 g/mol. The van der Waals surface area contributed by atoms with E-state index in [0.29, 0.717) is 11.6 Å². The molecule has 0 atom stereocenters. The van der Waals surface area contributed by atoms with Crippen LogP contribution in [0.2, 0.25) is 5.02 Å². The van der Waals surface area contributed by atoms with Crippen molar-refractivity contribution in [1.82, 2.24) is 5.32 Å². The summed E-state index contributed by atoms with van der Waals surface area (Å²) < 4.78 is 4.79. The van der Waals surface area contributed by atoms with E-state index in [4.69, 9.17) is 16.3 Å². The Hall–Kier alpha value is -1.74. The summed E-state index contributed by atoms with van der Waals surface area (Å²) in [5, 5.41) is 3.24. The molecule has 4 heteroatoms. The van der Waals surface area contributed by atoms with E-state index in [-0.39, 0.29) is 6.61 Å². The third-order valence-electron chi connectivity index (χ3n) is 2.08. The number of hydrogen-bond acceptors (Lipinski definition) is 2. The molecule has 0 aliphatic carbocycles. The predicted octanol–water partition coefficient (Wildman–Crippen LogP) is 3.40. The molecule has 3 nitrogen and oxygen atoms in total. The fourth-order valence-electron chi connectivity index (χ4n) is 1.28. The lowest BCUT2D eigenvalue weighted by atomic mass is 10.1. The van der Waals surface area contributed by atoms with Crippen LogP contribution in [-0.2, 0) is 11.3 Å². The summed E-state index contributed by atoms with van der Waals surface area (Å²) in [5.74, 6) is 0. The summed E-state index contributed by atoms with van der Waals surface area (Å²) in [4.78, 5) is 11.2. The van der Waals surface area contributed by atoms with Crippen LogP contribution >= 0.6 is 11.6 Å². The van der Waals surface area contributed by atoms with Crippen molar-refractivity contribution in [3.63, 3.8) is 0 Å². The van der Waals surface area contributed by atoms with Crippen LogP contribution in [0.5, 0.6) is 0 Å². The maximum Gasteiger partial charge on any atom is 0.407 e. The van der Waals surface area contributed by atoms with Crippen molar-refractivity contribution in [1.29, 1.82) is 0 Å². The van der Waals surface area contributed by atoms with Crippen LogP contribution in [0.15, 0.2) is 37.4 Å². The number of nitrogens with one attached hydrogen (secondary N) is 1. The number of halogens is 1. The molecule has 0 spiro atoms. The van der Waals surface area contributed by atoms with Gasteiger partial charge in [0.25, 0.3) is 0 Å². The van der Waals surface area contributed by atoms with Crippen molar-refractivity contribution in [3.8, 4) is 0 Å². The van der Waals surface area contributed by atoms with Crippen molar-refractivity contribution < 1.29 is 9.53 Å². The molecule has 0 radical (unpaired) electrons. The molecule has 1 rings (SSSR count). The van der Waals surface area contributed by atoms with E-state index in [1.165, 1.54) is 6.08 Å². The van der Waals surface area contributed by atoms with Crippen LogP contribution in [-0.4, -0.2) is 12.7 Å². The van der Waals surface area contributed by atoms with Crippen molar-refractivity contribution in [2.45, 2.75) is 6.54 Å². The minimum Gasteiger partial charge on any atom is -0.445 e. The third kappa shape index (κ3) is 4.33. The van der Waals surface area contributed by atoms with Crippen molar-refractivity contribution in [2.24, 2.45) is 0 Å². The summed E-state index contributed by atoms with van der Waals surface area (Å²) in [6.45, 7) is 7.69. The maximum absolute atomic E-state index is 11.2. The van der Waals surface area contributed by atoms with Gasteiger partial charge in [0, 0.05) is 11.6 Å². The van der Waals surface area contributed by atoms with Gasteiger partial charge >= 0.3 is 6.09 Å². The molecular formula is C13H14ClNO2. The average Bonchev–Trinajstić information content (AvgIpc) is 2.34. The van der Waals surface area contributed by atoms with E-state index in [0.717, 1.165) is 11.1 Å². The predicted molar refractivity (Wildman–Crippen MR) is 69.9 cm³/mol. The first kappa shape index (κ1) is 13.3. The quantitative estimate of drug-likeness (QED) is 0.815. The SMILES string of the molecule is C=CCOC(=O)NCc1cc(Cl)ccc1C=C. The van der Waals surface area contributed by atoms with E-state index in [2.05, 4.69) is 18.5 Å². The molecule has 1 aromatic carbocycles. The standard InChI is InChI=1S/C13H14ClNO2/c1-3-7-17-13(16)15-9-11-8-12(14)6-5-10(11)4-2/h3-6,8H,1-2,7,9H2,(H,15,16). The summed E-state index contributed by atoms with van der Waals surface area (Å²) in [5.41, 5.74) is 1.82. The molecule has 0 unspecified atom stereocenters. The second-order valence-electron chi connectivity index (χ2n) is 3.29. The van der Waals surface area contributed by atoms with Gasteiger partial charge < -0.3 is 10.1 Å². The van der Waals surface area contributed by atoms with Crippen LogP contribution in [0.4, 0.5) is 4.79 Å². The average molecular weight is 252 g/mol. The molecule has 0 saturated heterocycles. The summed E-state index contributed by atoms with van der Waals surface area (Å²) >= 11 is 5.88. The highest BCUT2D eigenvalue weighted by Gasteiger charge is 2.04. The number of benzene rings is 1. The molecule has 1 amide bonds. The summed E-state index contributed by atoms with van der Waals surface area (Å²) in [6.07, 6.45) is 2.73. The highest BCUT2D eigenvalue weighted by Crippen LogP contribution is 2.16. The third-order valence-corrected chi connectivity index (χ3v) is 2.32. The first-order valence-corrected chi connectivity index (χ1v) is 5.47. The number of rotatable bonds is 5. The molecule has 0 aliphatic rings. The van der Waals surface area contributed by atoms with Crippen LogP contribution in [0, 0.1) is 0 Å². The van der Waals surface area contributed by atoms with Crippen LogP contribution in [0.3, 0.4) is 0 Å². The van der Waals surface area contributed by atoms with Gasteiger partial charge in [-0.1, -0.05) is 43.0 Å². The van der Waals surface area contributed by atoms with Crippen LogP contribution in [0.1, 0.15) is 11.1 Å². The Kier molecular flexibility index (Phi) is 5.30. The smallest absolute Gasteiger partial charge is 0.407 e. The van der Waals surface area contributed by atoms with E-state index >= 15 is 0 Å². The molecule has 0 fully saturated rings. The van der Waals surface area contributed by atoms with E-state index in [1.807, 2.05) is 6.07 Å². The molecule has 0 saturated carbocycles. The Balaban J connectivity index is 2.61. The maximum atomic E-state index is 11.2. The zero-order valence-corrected chi connectivity index (χ0v) is 10.2. The Morgan fingerprint density at radius 3 is 2.88 bits per heavy atom. The van der Waals surface area contributed by atoms with Crippen molar-refractivity contribution in [2.75, 3.05) is 6.61 Å². The molecule has 17 heavy (non-hydrogen) atoms. The van der Waals surface area contributed by atoms with Gasteiger partial charge in [-0.15, -0.1) is 0 Å². The van der Waals surface area contributed by atoms with Gasteiger partial charge in [-0.2, -0.15) is 0 Å². The Morgan fingerprint density at radius 2 is 2.24 bits per heavy atom. The highest BCUT2D eigenvalue weighted by molar-refractivity contribution is 6.30. The molecule has 90 valence electrons. The van der Waals surface area contributed by atoms with Gasteiger partial charge in [-0.05, 0) is 23.3 Å². The molecule has 1 N–H and O–H groups in total. The lowest BCUT2D eigenvalue weighted by molar-refractivity contribution is 0.158. The van der Waals surface area contributed by atoms with Crippen LogP contribution in [0.25, 0.3) is 6.08 Å². The van der Waals surface area contributed by atoms with Gasteiger partial charge in [0.15, 0.2) is 0 Å². The van der Waals surface area contributed by atoms with E-state index in [1.54, 1.807) is 18.2 Å². The lowest BCUT2D eigenvalue weighted by Crippen LogP contribution is -2.24. The van der Waals surface area contributed by atoms with E-state index < -0.39 is 6.09 Å². The second kappa shape index (κ2) is 6.76. The first-order chi connectivity index (χ1) is 8.17. The number of ether oxygens (including phenoxy) is 1. The zero-order chi connectivity index (χ0) is 12.7. The van der Waals surface area contributed by atoms with E-state index in [9.17, 15) is 4.79 Å². The lowest BCUT2D eigenvalue weighted by Gasteiger charge is -2.08. The molecule has 0 aromatic heterocycles. The fraction of sp³-hybridized carbons (Fsp3) is 0.154. The topological polar surface area (TPSA) is 38.3 Å². The fourth-order valence-corrected chi connectivity index (χ4v) is 1.47. The summed E-state index contributed by atoms with van der Waals surface area (Å²) in [7, 11) is 0. The van der Waals surface area contributed by atoms with Crippen LogP contribution < -0.4 is 5.32 Å². The van der Waals surface area contributed by atoms with Gasteiger partial charge in [-0.25, -0.2) is 4.79 Å². The molecule has 0 bridgehead atoms. The normalized spacial score (nSPS) is 9.47.